The van der Waals surface area contributed by atoms with Crippen molar-refractivity contribution in [1.82, 2.24) is 24.5 Å². The number of methoxy groups -OCH3 is 2. The molecule has 0 spiro atoms. The summed E-state index contributed by atoms with van der Waals surface area (Å²) in [5.41, 5.74) is 1.52. The standard InChI is InChI=1S/C26H30N6O6S/c1-4-38-22-10-5-7-18(28-22)25-30-24-26(32(25)23-19(36-2)8-6-9-20(23)37-3)29-21(15-27-24)31-39(34,35)17-13-11-16(33)12-14-17/h5-10,15-17,33H,4,11-14H2,1-3H3,(H,29,31). The van der Waals surface area contributed by atoms with Gasteiger partial charge < -0.3 is 19.3 Å². The maximum absolute atomic E-state index is 13.1. The average Bonchev–Trinajstić information content (AvgIpc) is 3.31. The number of aliphatic hydroxyl groups excluding tert-OH is 1. The van der Waals surface area contributed by atoms with Crippen molar-refractivity contribution < 1.29 is 27.7 Å². The first-order chi connectivity index (χ1) is 18.8. The number of hydrogen-bond acceptors (Lipinski definition) is 10. The zero-order chi connectivity index (χ0) is 27.6. The molecule has 0 aliphatic heterocycles. The topological polar surface area (TPSA) is 151 Å². The van der Waals surface area contributed by atoms with Gasteiger partial charge in [0.1, 0.15) is 22.9 Å². The number of nitrogens with zero attached hydrogens (tertiary/aromatic N) is 5. The van der Waals surface area contributed by atoms with Crippen LogP contribution in [0.25, 0.3) is 28.5 Å². The van der Waals surface area contributed by atoms with E-state index in [2.05, 4.69) is 19.7 Å². The van der Waals surface area contributed by atoms with Gasteiger partial charge in [-0.05, 0) is 50.8 Å². The summed E-state index contributed by atoms with van der Waals surface area (Å²) < 4.78 is 47.4. The predicted molar refractivity (Wildman–Crippen MR) is 145 cm³/mol. The molecule has 5 rings (SSSR count). The molecule has 4 aromatic rings. The van der Waals surface area contributed by atoms with Gasteiger partial charge in [0.25, 0.3) is 0 Å². The first kappa shape index (κ1) is 26.6. The third-order valence-corrected chi connectivity index (χ3v) is 8.41. The summed E-state index contributed by atoms with van der Waals surface area (Å²) in [6, 6.07) is 10.7. The Morgan fingerprint density at radius 1 is 1.00 bits per heavy atom. The quantitative estimate of drug-likeness (QED) is 0.315. The van der Waals surface area contributed by atoms with Crippen molar-refractivity contribution in [2.24, 2.45) is 0 Å². The van der Waals surface area contributed by atoms with E-state index in [-0.39, 0.29) is 17.1 Å². The van der Waals surface area contributed by atoms with E-state index in [0.29, 0.717) is 66.9 Å². The summed E-state index contributed by atoms with van der Waals surface area (Å²) in [4.78, 5) is 18.4. The number of ether oxygens (including phenoxy) is 3. The maximum atomic E-state index is 13.1. The second-order valence-corrected chi connectivity index (χ2v) is 11.0. The van der Waals surface area contributed by atoms with Crippen LogP contribution in [0.15, 0.2) is 42.6 Å². The molecule has 1 fully saturated rings. The summed E-state index contributed by atoms with van der Waals surface area (Å²) in [6.45, 7) is 2.31. The average molecular weight is 555 g/mol. The Morgan fingerprint density at radius 2 is 1.69 bits per heavy atom. The van der Waals surface area contributed by atoms with Crippen LogP contribution in [0.2, 0.25) is 0 Å². The first-order valence-electron chi connectivity index (χ1n) is 12.6. The van der Waals surface area contributed by atoms with Crippen molar-refractivity contribution >= 4 is 27.1 Å². The van der Waals surface area contributed by atoms with Crippen molar-refractivity contribution in [2.75, 3.05) is 25.5 Å². The second kappa shape index (κ2) is 11.0. The molecule has 1 saturated carbocycles. The van der Waals surface area contributed by atoms with E-state index < -0.39 is 21.4 Å². The zero-order valence-electron chi connectivity index (χ0n) is 21.9. The third kappa shape index (κ3) is 5.32. The van der Waals surface area contributed by atoms with Crippen LogP contribution in [0.1, 0.15) is 32.6 Å². The lowest BCUT2D eigenvalue weighted by atomic mass is 9.97. The van der Waals surface area contributed by atoms with Gasteiger partial charge in [0, 0.05) is 6.07 Å². The van der Waals surface area contributed by atoms with E-state index in [1.165, 1.54) is 20.4 Å². The molecular weight excluding hydrogens is 524 g/mol. The highest BCUT2D eigenvalue weighted by Gasteiger charge is 2.31. The third-order valence-electron chi connectivity index (χ3n) is 6.57. The minimum Gasteiger partial charge on any atom is -0.494 e. The van der Waals surface area contributed by atoms with Gasteiger partial charge in [-0.25, -0.2) is 28.4 Å². The van der Waals surface area contributed by atoms with E-state index in [1.54, 1.807) is 41.0 Å². The molecule has 0 radical (unpaired) electrons. The van der Waals surface area contributed by atoms with Gasteiger partial charge in [0.2, 0.25) is 15.9 Å². The van der Waals surface area contributed by atoms with Gasteiger partial charge in [-0.15, -0.1) is 0 Å². The van der Waals surface area contributed by atoms with Gasteiger partial charge in [-0.3, -0.25) is 9.29 Å². The number of aromatic nitrogens is 5. The Hall–Kier alpha value is -3.97. The number of sulfonamides is 1. The van der Waals surface area contributed by atoms with Crippen molar-refractivity contribution in [1.29, 1.82) is 0 Å². The van der Waals surface area contributed by atoms with E-state index >= 15 is 0 Å². The van der Waals surface area contributed by atoms with Gasteiger partial charge in [-0.1, -0.05) is 12.1 Å². The smallest absolute Gasteiger partial charge is 0.236 e. The maximum Gasteiger partial charge on any atom is 0.236 e. The minimum atomic E-state index is -3.76. The summed E-state index contributed by atoms with van der Waals surface area (Å²) in [5.74, 6) is 1.81. The lowest BCUT2D eigenvalue weighted by Gasteiger charge is -2.25. The monoisotopic (exact) mass is 554 g/mol. The van der Waals surface area contributed by atoms with Gasteiger partial charge in [0.15, 0.2) is 22.9 Å². The number of aliphatic hydroxyl groups is 1. The lowest BCUT2D eigenvalue weighted by Crippen LogP contribution is -2.33. The van der Waals surface area contributed by atoms with Gasteiger partial charge >= 0.3 is 0 Å². The molecule has 3 heterocycles. The van der Waals surface area contributed by atoms with Gasteiger partial charge in [-0.2, -0.15) is 0 Å². The molecule has 1 aromatic carbocycles. The Labute approximate surface area is 226 Å². The largest absolute Gasteiger partial charge is 0.494 e. The normalized spacial score (nSPS) is 17.6. The molecule has 39 heavy (non-hydrogen) atoms. The van der Waals surface area contributed by atoms with E-state index in [9.17, 15) is 13.5 Å². The number of imidazole rings is 1. The van der Waals surface area contributed by atoms with Crippen molar-refractivity contribution in [2.45, 2.75) is 44.0 Å². The summed E-state index contributed by atoms with van der Waals surface area (Å²) >= 11 is 0. The van der Waals surface area contributed by atoms with Gasteiger partial charge in [0.05, 0.1) is 38.4 Å². The fourth-order valence-corrected chi connectivity index (χ4v) is 6.14. The van der Waals surface area contributed by atoms with Crippen LogP contribution in [0.4, 0.5) is 5.82 Å². The molecule has 2 N–H and O–H groups in total. The predicted octanol–water partition coefficient (Wildman–Crippen LogP) is 3.34. The van der Waals surface area contributed by atoms with Crippen LogP contribution in [0, 0.1) is 0 Å². The highest BCUT2D eigenvalue weighted by molar-refractivity contribution is 7.93. The Kier molecular flexibility index (Phi) is 7.53. The second-order valence-electron chi connectivity index (χ2n) is 9.06. The van der Waals surface area contributed by atoms with Crippen LogP contribution in [-0.4, -0.2) is 70.2 Å². The molecule has 0 unspecified atom stereocenters. The van der Waals surface area contributed by atoms with Crippen molar-refractivity contribution in [3.63, 3.8) is 0 Å². The highest BCUT2D eigenvalue weighted by Crippen LogP contribution is 2.38. The molecule has 206 valence electrons. The molecule has 0 saturated heterocycles. The van der Waals surface area contributed by atoms with Crippen LogP contribution in [0.3, 0.4) is 0 Å². The number of hydrogen-bond donors (Lipinski definition) is 2. The molecule has 0 amide bonds. The van der Waals surface area contributed by atoms with E-state index in [0.717, 1.165) is 0 Å². The number of anilines is 1. The highest BCUT2D eigenvalue weighted by atomic mass is 32.2. The Morgan fingerprint density at radius 3 is 2.36 bits per heavy atom. The van der Waals surface area contributed by atoms with Crippen molar-refractivity contribution in [3.05, 3.63) is 42.6 Å². The number of nitrogens with one attached hydrogen (secondary N) is 1. The number of pyridine rings is 1. The van der Waals surface area contributed by atoms with Crippen LogP contribution >= 0.6 is 0 Å². The van der Waals surface area contributed by atoms with Crippen LogP contribution < -0.4 is 18.9 Å². The van der Waals surface area contributed by atoms with Crippen LogP contribution in [-0.2, 0) is 10.0 Å². The molecule has 0 atom stereocenters. The molecular formula is C26H30N6O6S. The fourth-order valence-electron chi connectivity index (χ4n) is 4.69. The number of benzene rings is 1. The molecule has 1 aliphatic carbocycles. The Balaban J connectivity index is 1.68. The Bertz CT molecular complexity index is 1560. The number of rotatable bonds is 9. The summed E-state index contributed by atoms with van der Waals surface area (Å²) in [6.07, 6.45) is 2.48. The minimum absolute atomic E-state index is 0.0474. The molecule has 13 heteroatoms. The molecule has 1 aliphatic rings. The summed E-state index contributed by atoms with van der Waals surface area (Å²) in [7, 11) is -0.682. The zero-order valence-corrected chi connectivity index (χ0v) is 22.7. The van der Waals surface area contributed by atoms with E-state index in [1.807, 2.05) is 6.92 Å². The lowest BCUT2D eigenvalue weighted by molar-refractivity contribution is 0.131. The van der Waals surface area contributed by atoms with Crippen molar-refractivity contribution in [3.8, 4) is 34.6 Å². The summed E-state index contributed by atoms with van der Waals surface area (Å²) in [5, 5.41) is 9.16. The number of para-hydroxylation sites is 1. The van der Waals surface area contributed by atoms with Crippen LogP contribution in [0.5, 0.6) is 17.4 Å². The number of fused-ring (bicyclic) bond motifs is 1. The molecule has 12 nitrogen and oxygen atoms in total. The first-order valence-corrected chi connectivity index (χ1v) is 14.2. The SMILES string of the molecule is CCOc1cccc(-c2nc3ncc(NS(=O)(=O)C4CCC(O)CC4)nc3n2-c2c(OC)cccc2OC)n1. The molecule has 0 bridgehead atoms. The van der Waals surface area contributed by atoms with E-state index in [4.69, 9.17) is 19.2 Å². The fraction of sp³-hybridized carbons (Fsp3) is 0.385. The molecule has 3 aromatic heterocycles.